The van der Waals surface area contributed by atoms with E-state index in [4.69, 9.17) is 4.74 Å². The standard InChI is InChI=1S/C33H40FN5O4/c1-6-39-28-14-13-24(22-29(28)38(5)31(41)33(2,3)32(39)42)43-21-9-12-27(23-15-17-35-18-16-23)36-19-20-37(4)30(40)25-10-7-8-11-26(25)34/h7-8,10-11,13-18,22,27,36H,6,9,12,19-21H2,1-5H3. The van der Waals surface area contributed by atoms with Crippen LogP contribution < -0.4 is 19.9 Å². The molecule has 1 N–H and O–H groups in total. The van der Waals surface area contributed by atoms with Crippen molar-refractivity contribution < 1.29 is 23.5 Å². The second-order valence-corrected chi connectivity index (χ2v) is 11.2. The van der Waals surface area contributed by atoms with Gasteiger partial charge in [0.2, 0.25) is 11.8 Å². The summed E-state index contributed by atoms with van der Waals surface area (Å²) in [5, 5.41) is 3.52. The van der Waals surface area contributed by atoms with Crippen molar-refractivity contribution in [1.82, 2.24) is 15.2 Å². The maximum atomic E-state index is 14.1. The van der Waals surface area contributed by atoms with Gasteiger partial charge in [-0.05, 0) is 75.6 Å². The molecule has 0 radical (unpaired) electrons. The van der Waals surface area contributed by atoms with Crippen LogP contribution in [0.1, 0.15) is 55.6 Å². The number of likely N-dealkylation sites (N-methyl/N-ethyl adjacent to an activating group) is 1. The van der Waals surface area contributed by atoms with E-state index in [1.54, 1.807) is 57.4 Å². The van der Waals surface area contributed by atoms with Crippen molar-refractivity contribution in [1.29, 1.82) is 0 Å². The zero-order valence-electron chi connectivity index (χ0n) is 25.5. The van der Waals surface area contributed by atoms with Crippen LogP contribution in [-0.4, -0.2) is 67.9 Å². The topological polar surface area (TPSA) is 95.1 Å². The van der Waals surface area contributed by atoms with Crippen LogP contribution in [0.2, 0.25) is 0 Å². The number of pyridine rings is 1. The highest BCUT2D eigenvalue weighted by atomic mass is 19.1. The molecule has 2 heterocycles. The van der Waals surface area contributed by atoms with Crippen molar-refractivity contribution in [3.05, 3.63) is 83.9 Å². The van der Waals surface area contributed by atoms with Gasteiger partial charge in [-0.2, -0.15) is 0 Å². The van der Waals surface area contributed by atoms with Crippen molar-refractivity contribution in [3.63, 3.8) is 0 Å². The average molecular weight is 590 g/mol. The Bertz CT molecular complexity index is 1450. The first kappa shape index (κ1) is 31.6. The number of nitrogens with one attached hydrogen (secondary N) is 1. The number of aromatic nitrogens is 1. The van der Waals surface area contributed by atoms with Gasteiger partial charge < -0.3 is 24.8 Å². The predicted molar refractivity (Wildman–Crippen MR) is 165 cm³/mol. The van der Waals surface area contributed by atoms with Gasteiger partial charge in [0.1, 0.15) is 17.0 Å². The molecule has 0 spiro atoms. The first-order chi connectivity index (χ1) is 20.6. The molecule has 0 saturated carbocycles. The van der Waals surface area contributed by atoms with E-state index in [0.717, 1.165) is 18.4 Å². The van der Waals surface area contributed by atoms with Gasteiger partial charge in [0.05, 0.1) is 23.5 Å². The Hall–Kier alpha value is -4.31. The molecule has 1 aliphatic rings. The monoisotopic (exact) mass is 589 g/mol. The first-order valence-electron chi connectivity index (χ1n) is 14.6. The summed E-state index contributed by atoms with van der Waals surface area (Å²) in [5.74, 6) is -0.772. The van der Waals surface area contributed by atoms with Crippen LogP contribution in [-0.2, 0) is 9.59 Å². The minimum Gasteiger partial charge on any atom is -0.494 e. The number of nitrogens with zero attached hydrogens (tertiary/aromatic N) is 4. The van der Waals surface area contributed by atoms with Gasteiger partial charge in [0.25, 0.3) is 5.91 Å². The lowest BCUT2D eigenvalue weighted by atomic mass is 9.90. The quantitative estimate of drug-likeness (QED) is 0.240. The Morgan fingerprint density at radius 1 is 1.07 bits per heavy atom. The normalized spacial score (nSPS) is 15.1. The summed E-state index contributed by atoms with van der Waals surface area (Å²) in [4.78, 5) is 47.7. The van der Waals surface area contributed by atoms with Gasteiger partial charge in [0, 0.05) is 58.2 Å². The highest BCUT2D eigenvalue weighted by molar-refractivity contribution is 6.20. The molecule has 4 rings (SSSR count). The molecule has 0 aliphatic carbocycles. The van der Waals surface area contributed by atoms with E-state index in [1.165, 1.54) is 21.9 Å². The van der Waals surface area contributed by atoms with Gasteiger partial charge in [-0.3, -0.25) is 19.4 Å². The van der Waals surface area contributed by atoms with Crippen molar-refractivity contribution in [2.45, 2.75) is 39.7 Å². The van der Waals surface area contributed by atoms with E-state index in [-0.39, 0.29) is 29.3 Å². The van der Waals surface area contributed by atoms with Crippen molar-refractivity contribution in [2.75, 3.05) is 50.1 Å². The number of fused-ring (bicyclic) bond motifs is 1. The minimum absolute atomic E-state index is 0.00859. The van der Waals surface area contributed by atoms with Crippen LogP contribution in [0.3, 0.4) is 0 Å². The first-order valence-corrected chi connectivity index (χ1v) is 14.6. The van der Waals surface area contributed by atoms with Crippen LogP contribution in [0.4, 0.5) is 15.8 Å². The Morgan fingerprint density at radius 3 is 2.49 bits per heavy atom. The Balaban J connectivity index is 1.36. The molecule has 1 aromatic heterocycles. The third-order valence-corrected chi connectivity index (χ3v) is 7.84. The molecular formula is C33H40FN5O4. The van der Waals surface area contributed by atoms with Gasteiger partial charge in [-0.1, -0.05) is 12.1 Å². The van der Waals surface area contributed by atoms with Crippen LogP contribution in [0.5, 0.6) is 5.75 Å². The van der Waals surface area contributed by atoms with Crippen molar-refractivity contribution in [2.24, 2.45) is 5.41 Å². The molecule has 228 valence electrons. The van der Waals surface area contributed by atoms with Crippen molar-refractivity contribution in [3.8, 4) is 5.75 Å². The van der Waals surface area contributed by atoms with Crippen molar-refractivity contribution >= 4 is 29.1 Å². The number of anilines is 2. The highest BCUT2D eigenvalue weighted by Gasteiger charge is 2.45. The number of hydrogen-bond acceptors (Lipinski definition) is 6. The third kappa shape index (κ3) is 7.02. The van der Waals surface area contributed by atoms with E-state index in [2.05, 4.69) is 10.3 Å². The SMILES string of the molecule is CCN1C(=O)C(C)(C)C(=O)N(C)c2cc(OCCCC(NCCN(C)C(=O)c3ccccc3F)c3ccncc3)ccc21. The van der Waals surface area contributed by atoms with Crippen LogP contribution >= 0.6 is 0 Å². The molecule has 2 aromatic carbocycles. The molecule has 3 amide bonds. The predicted octanol–water partition coefficient (Wildman–Crippen LogP) is 4.84. The third-order valence-electron chi connectivity index (χ3n) is 7.84. The summed E-state index contributed by atoms with van der Waals surface area (Å²) >= 11 is 0. The van der Waals surface area contributed by atoms with E-state index in [1.807, 2.05) is 37.3 Å². The molecule has 10 heteroatoms. The number of benzene rings is 2. The minimum atomic E-state index is -1.17. The second-order valence-electron chi connectivity index (χ2n) is 11.2. The maximum absolute atomic E-state index is 14.1. The molecule has 3 aromatic rings. The summed E-state index contributed by atoms with van der Waals surface area (Å²) in [6.45, 7) is 7.02. The number of carbonyl (C=O) groups excluding carboxylic acids is 3. The lowest BCUT2D eigenvalue weighted by molar-refractivity contribution is -0.137. The van der Waals surface area contributed by atoms with Crippen LogP contribution in [0.15, 0.2) is 67.0 Å². The average Bonchev–Trinajstić information content (AvgIpc) is 3.06. The van der Waals surface area contributed by atoms with E-state index < -0.39 is 11.2 Å². The van der Waals surface area contributed by atoms with E-state index in [9.17, 15) is 18.8 Å². The lowest BCUT2D eigenvalue weighted by Crippen LogP contribution is -2.47. The molecule has 0 bridgehead atoms. The van der Waals surface area contributed by atoms with Crippen LogP contribution in [0, 0.1) is 11.2 Å². The molecule has 0 saturated heterocycles. The summed E-state index contributed by atoms with van der Waals surface area (Å²) in [5.41, 5.74) is 1.27. The molecule has 1 aliphatic heterocycles. The molecule has 9 nitrogen and oxygen atoms in total. The van der Waals surface area contributed by atoms with Gasteiger partial charge in [-0.25, -0.2) is 4.39 Å². The molecule has 43 heavy (non-hydrogen) atoms. The van der Waals surface area contributed by atoms with Gasteiger partial charge >= 0.3 is 0 Å². The fraction of sp³-hybridized carbons (Fsp3) is 0.394. The van der Waals surface area contributed by atoms with Crippen LogP contribution in [0.25, 0.3) is 0 Å². The zero-order chi connectivity index (χ0) is 31.1. The molecule has 1 atom stereocenters. The Kier molecular flexibility index (Phi) is 10.1. The summed E-state index contributed by atoms with van der Waals surface area (Å²) in [6.07, 6.45) is 4.97. The summed E-state index contributed by atoms with van der Waals surface area (Å²) in [7, 11) is 3.35. The fourth-order valence-electron chi connectivity index (χ4n) is 5.28. The second kappa shape index (κ2) is 13.8. The smallest absolute Gasteiger partial charge is 0.256 e. The highest BCUT2D eigenvalue weighted by Crippen LogP contribution is 2.40. The van der Waals surface area contributed by atoms with E-state index >= 15 is 0 Å². The number of rotatable bonds is 12. The largest absolute Gasteiger partial charge is 0.494 e. The Labute approximate surface area is 252 Å². The number of amides is 3. The lowest BCUT2D eigenvalue weighted by Gasteiger charge is -2.27. The molecule has 1 unspecified atom stereocenters. The number of hydrogen-bond donors (Lipinski definition) is 1. The summed E-state index contributed by atoms with van der Waals surface area (Å²) in [6, 6.07) is 15.3. The molecular weight excluding hydrogens is 549 g/mol. The molecule has 0 fully saturated rings. The number of halogens is 1. The fourth-order valence-corrected chi connectivity index (χ4v) is 5.28. The van der Waals surface area contributed by atoms with E-state index in [0.29, 0.717) is 43.4 Å². The van der Waals surface area contributed by atoms with Gasteiger partial charge in [-0.15, -0.1) is 0 Å². The number of ether oxygens (including phenoxy) is 1. The summed E-state index contributed by atoms with van der Waals surface area (Å²) < 4.78 is 20.2. The van der Waals surface area contributed by atoms with Gasteiger partial charge in [0.15, 0.2) is 0 Å². The Morgan fingerprint density at radius 2 is 1.79 bits per heavy atom. The maximum Gasteiger partial charge on any atom is 0.256 e. The zero-order valence-corrected chi connectivity index (χ0v) is 25.5. The number of carbonyl (C=O) groups is 3.